The van der Waals surface area contributed by atoms with Gasteiger partial charge in [-0.15, -0.1) is 0 Å². The number of benzene rings is 2. The Balaban J connectivity index is 2.03. The van der Waals surface area contributed by atoms with Crippen LogP contribution in [0.5, 0.6) is 0 Å². The van der Waals surface area contributed by atoms with E-state index < -0.39 is 29.8 Å². The number of hydrogen-bond acceptors (Lipinski definition) is 3. The van der Waals surface area contributed by atoms with Crippen molar-refractivity contribution in [2.75, 3.05) is 16.8 Å². The maximum atomic E-state index is 12.9. The molecule has 6 nitrogen and oxygen atoms in total. The van der Waals surface area contributed by atoms with E-state index in [9.17, 15) is 22.8 Å². The molecule has 0 saturated carbocycles. The molecule has 0 saturated heterocycles. The van der Waals surface area contributed by atoms with E-state index in [2.05, 4.69) is 17.2 Å². The first-order valence-corrected chi connectivity index (χ1v) is 8.68. The molecule has 2 aromatic carbocycles. The van der Waals surface area contributed by atoms with Crippen LogP contribution in [0.15, 0.2) is 55.1 Å². The molecule has 1 unspecified atom stereocenters. The zero-order valence-corrected chi connectivity index (χ0v) is 15.2. The van der Waals surface area contributed by atoms with Crippen molar-refractivity contribution >= 4 is 29.1 Å². The van der Waals surface area contributed by atoms with Gasteiger partial charge in [-0.05, 0) is 48.9 Å². The predicted octanol–water partition coefficient (Wildman–Crippen LogP) is 4.16. The molecule has 9 heteroatoms. The van der Waals surface area contributed by atoms with Gasteiger partial charge in [-0.2, -0.15) is 13.2 Å². The van der Waals surface area contributed by atoms with Crippen LogP contribution < -0.4 is 15.5 Å². The number of carboxylic acid groups (broad SMARTS) is 1. The molecular formula is C20H18F3N3O3. The van der Waals surface area contributed by atoms with Crippen molar-refractivity contribution in [3.63, 3.8) is 0 Å². The van der Waals surface area contributed by atoms with Gasteiger partial charge in [-0.25, -0.2) is 4.79 Å². The SMILES string of the molecule is C=CC(=O)NC1Cc2c(NC(=O)O)cccc2N(c2ccc(C(F)(F)F)cc2)C1. The number of halogens is 3. The number of carbonyl (C=O) groups is 2. The van der Waals surface area contributed by atoms with Crippen LogP contribution in [0.2, 0.25) is 0 Å². The van der Waals surface area contributed by atoms with Gasteiger partial charge in [-0.3, -0.25) is 10.1 Å². The fourth-order valence-electron chi connectivity index (χ4n) is 3.34. The van der Waals surface area contributed by atoms with Crippen LogP contribution in [-0.4, -0.2) is 29.7 Å². The standard InChI is InChI=1S/C20H18F3N3O3/c1-2-18(27)24-13-10-15-16(25-19(28)29)4-3-5-17(15)26(11-13)14-8-6-12(7-9-14)20(21,22)23/h2-9,13,25H,1,10-11H2,(H,24,27)(H,28,29). The second kappa shape index (κ2) is 7.86. The van der Waals surface area contributed by atoms with Crippen molar-refractivity contribution in [1.82, 2.24) is 5.32 Å². The normalized spacial score (nSPS) is 16.0. The lowest BCUT2D eigenvalue weighted by atomic mass is 9.95. The molecule has 1 aliphatic rings. The third-order valence-electron chi connectivity index (χ3n) is 4.58. The Morgan fingerprint density at radius 1 is 1.17 bits per heavy atom. The molecule has 3 N–H and O–H groups in total. The van der Waals surface area contributed by atoms with Gasteiger partial charge in [0.25, 0.3) is 0 Å². The van der Waals surface area contributed by atoms with E-state index in [0.717, 1.165) is 18.2 Å². The second-order valence-electron chi connectivity index (χ2n) is 6.50. The fraction of sp³-hybridized carbons (Fsp3) is 0.200. The fourth-order valence-corrected chi connectivity index (χ4v) is 3.34. The molecule has 2 aromatic rings. The smallest absolute Gasteiger partial charge is 0.416 e. The third kappa shape index (κ3) is 4.50. The maximum absolute atomic E-state index is 12.9. The zero-order chi connectivity index (χ0) is 21.2. The number of hydrogen-bond donors (Lipinski definition) is 3. The van der Waals surface area contributed by atoms with E-state index in [4.69, 9.17) is 5.11 Å². The first-order chi connectivity index (χ1) is 13.7. The first kappa shape index (κ1) is 20.2. The van der Waals surface area contributed by atoms with E-state index in [-0.39, 0.29) is 0 Å². The van der Waals surface area contributed by atoms with Gasteiger partial charge in [0, 0.05) is 29.2 Å². The Kier molecular flexibility index (Phi) is 5.49. The number of amides is 2. The number of fused-ring (bicyclic) bond motifs is 1. The summed E-state index contributed by atoms with van der Waals surface area (Å²) in [4.78, 5) is 24.6. The van der Waals surface area contributed by atoms with Crippen molar-refractivity contribution in [3.8, 4) is 0 Å². The summed E-state index contributed by atoms with van der Waals surface area (Å²) in [6, 6.07) is 9.28. The summed E-state index contributed by atoms with van der Waals surface area (Å²) >= 11 is 0. The highest BCUT2D eigenvalue weighted by atomic mass is 19.4. The van der Waals surface area contributed by atoms with Crippen LogP contribution >= 0.6 is 0 Å². The van der Waals surface area contributed by atoms with Crippen LogP contribution in [0.3, 0.4) is 0 Å². The second-order valence-corrected chi connectivity index (χ2v) is 6.50. The van der Waals surface area contributed by atoms with Crippen LogP contribution in [-0.2, 0) is 17.4 Å². The summed E-state index contributed by atoms with van der Waals surface area (Å²) in [5, 5.41) is 14.2. The summed E-state index contributed by atoms with van der Waals surface area (Å²) in [7, 11) is 0. The summed E-state index contributed by atoms with van der Waals surface area (Å²) in [6.07, 6.45) is -4.21. The van der Waals surface area contributed by atoms with Gasteiger partial charge in [-0.1, -0.05) is 12.6 Å². The summed E-state index contributed by atoms with van der Waals surface area (Å²) in [5.74, 6) is -0.394. The quantitative estimate of drug-likeness (QED) is 0.668. The third-order valence-corrected chi connectivity index (χ3v) is 4.58. The van der Waals surface area contributed by atoms with Crippen molar-refractivity contribution in [2.24, 2.45) is 0 Å². The lowest BCUT2D eigenvalue weighted by Gasteiger charge is -2.37. The molecule has 29 heavy (non-hydrogen) atoms. The van der Waals surface area contributed by atoms with E-state index in [0.29, 0.717) is 35.6 Å². The molecule has 1 atom stereocenters. The van der Waals surface area contributed by atoms with Gasteiger partial charge >= 0.3 is 12.3 Å². The highest BCUT2D eigenvalue weighted by Gasteiger charge is 2.32. The Hall–Kier alpha value is -3.49. The molecule has 0 aliphatic carbocycles. The molecule has 3 rings (SSSR count). The monoisotopic (exact) mass is 405 g/mol. The minimum atomic E-state index is -4.45. The average Bonchev–Trinajstić information content (AvgIpc) is 2.67. The number of anilines is 3. The van der Waals surface area contributed by atoms with Gasteiger partial charge in [0.1, 0.15) is 0 Å². The van der Waals surface area contributed by atoms with Crippen LogP contribution in [0.1, 0.15) is 11.1 Å². The minimum absolute atomic E-state index is 0.300. The molecule has 152 valence electrons. The number of carbonyl (C=O) groups excluding carboxylic acids is 1. The molecule has 0 fully saturated rings. The molecule has 0 radical (unpaired) electrons. The number of alkyl halides is 3. The predicted molar refractivity (Wildman–Crippen MR) is 102 cm³/mol. The van der Waals surface area contributed by atoms with E-state index in [1.165, 1.54) is 12.1 Å². The van der Waals surface area contributed by atoms with Crippen LogP contribution in [0, 0.1) is 0 Å². The Bertz CT molecular complexity index is 942. The lowest BCUT2D eigenvalue weighted by molar-refractivity contribution is -0.137. The summed E-state index contributed by atoms with van der Waals surface area (Å²) < 4.78 is 38.7. The molecule has 0 bridgehead atoms. The highest BCUT2D eigenvalue weighted by Crippen LogP contribution is 2.38. The summed E-state index contributed by atoms with van der Waals surface area (Å²) in [5.41, 5.74) is 1.36. The Morgan fingerprint density at radius 2 is 1.86 bits per heavy atom. The van der Waals surface area contributed by atoms with Crippen LogP contribution in [0.4, 0.5) is 35.0 Å². The van der Waals surface area contributed by atoms with E-state index >= 15 is 0 Å². The highest BCUT2D eigenvalue weighted by molar-refractivity contribution is 5.89. The van der Waals surface area contributed by atoms with Gasteiger partial charge in [0.05, 0.1) is 11.6 Å². The Labute approximate surface area is 164 Å². The van der Waals surface area contributed by atoms with Crippen molar-refractivity contribution in [2.45, 2.75) is 18.6 Å². The number of nitrogens with one attached hydrogen (secondary N) is 2. The molecule has 1 aliphatic heterocycles. The number of rotatable bonds is 4. The minimum Gasteiger partial charge on any atom is -0.465 e. The van der Waals surface area contributed by atoms with Gasteiger partial charge < -0.3 is 15.3 Å². The largest absolute Gasteiger partial charge is 0.465 e. The maximum Gasteiger partial charge on any atom is 0.416 e. The lowest BCUT2D eigenvalue weighted by Crippen LogP contribution is -2.46. The zero-order valence-electron chi connectivity index (χ0n) is 15.2. The first-order valence-electron chi connectivity index (χ1n) is 8.68. The molecule has 0 aromatic heterocycles. The topological polar surface area (TPSA) is 81.7 Å². The molecule has 0 spiro atoms. The molecule has 1 heterocycles. The van der Waals surface area contributed by atoms with Gasteiger partial charge in [0.15, 0.2) is 0 Å². The van der Waals surface area contributed by atoms with E-state index in [1.807, 2.05) is 0 Å². The van der Waals surface area contributed by atoms with Crippen molar-refractivity contribution in [3.05, 3.63) is 66.2 Å². The number of nitrogens with zero attached hydrogens (tertiary/aromatic N) is 1. The molecule has 2 amide bonds. The van der Waals surface area contributed by atoms with E-state index in [1.54, 1.807) is 23.1 Å². The van der Waals surface area contributed by atoms with Crippen LogP contribution in [0.25, 0.3) is 0 Å². The van der Waals surface area contributed by atoms with Crippen molar-refractivity contribution in [1.29, 1.82) is 0 Å². The Morgan fingerprint density at radius 3 is 2.45 bits per heavy atom. The summed E-state index contributed by atoms with van der Waals surface area (Å²) in [6.45, 7) is 3.72. The van der Waals surface area contributed by atoms with Crippen molar-refractivity contribution < 1.29 is 27.9 Å². The molecular weight excluding hydrogens is 387 g/mol. The van der Waals surface area contributed by atoms with Gasteiger partial charge in [0.2, 0.25) is 5.91 Å². The average molecular weight is 405 g/mol.